The van der Waals surface area contributed by atoms with Gasteiger partial charge in [0.15, 0.2) is 0 Å². The third-order valence-corrected chi connectivity index (χ3v) is 4.50. The van der Waals surface area contributed by atoms with Gasteiger partial charge in [-0.15, -0.1) is 0 Å². The fourth-order valence-electron chi connectivity index (χ4n) is 3.18. The van der Waals surface area contributed by atoms with Gasteiger partial charge in [-0.2, -0.15) is 18.2 Å². The predicted molar refractivity (Wildman–Crippen MR) is 91.7 cm³/mol. The standard InChI is InChI=1S/C17H19F3N4O3/c1-10(12-4-2-3-5-13(12)17(18,19)20)21-14-22-15(25)24(16(26)23-14)11-6-8-27-9-7-11/h2-5,10-11H,6-9H2,1H3,(H2,21,22,23,25,26). The molecule has 2 N–H and O–H groups in total. The Hall–Kier alpha value is -2.62. The fourth-order valence-corrected chi connectivity index (χ4v) is 3.18. The summed E-state index contributed by atoms with van der Waals surface area (Å²) in [6.45, 7) is 2.39. The molecule has 7 nitrogen and oxygen atoms in total. The van der Waals surface area contributed by atoms with E-state index in [1.165, 1.54) is 25.1 Å². The van der Waals surface area contributed by atoms with Crippen molar-refractivity contribution in [2.24, 2.45) is 0 Å². The highest BCUT2D eigenvalue weighted by Gasteiger charge is 2.34. The van der Waals surface area contributed by atoms with Crippen LogP contribution in [-0.4, -0.2) is 27.7 Å². The summed E-state index contributed by atoms with van der Waals surface area (Å²) >= 11 is 0. The Morgan fingerprint density at radius 3 is 2.56 bits per heavy atom. The number of benzene rings is 1. The third kappa shape index (κ3) is 4.21. The van der Waals surface area contributed by atoms with Gasteiger partial charge in [0, 0.05) is 19.3 Å². The van der Waals surface area contributed by atoms with Crippen LogP contribution in [0, 0.1) is 0 Å². The number of anilines is 1. The highest BCUT2D eigenvalue weighted by Crippen LogP contribution is 2.35. The van der Waals surface area contributed by atoms with Crippen molar-refractivity contribution in [3.63, 3.8) is 0 Å². The van der Waals surface area contributed by atoms with E-state index < -0.39 is 29.2 Å². The van der Waals surface area contributed by atoms with Crippen LogP contribution in [0.5, 0.6) is 0 Å². The molecule has 1 aromatic heterocycles. The van der Waals surface area contributed by atoms with Crippen molar-refractivity contribution >= 4 is 5.95 Å². The largest absolute Gasteiger partial charge is 0.416 e. The van der Waals surface area contributed by atoms with Crippen molar-refractivity contribution in [3.8, 4) is 0 Å². The first-order valence-corrected chi connectivity index (χ1v) is 8.50. The number of nitrogens with zero attached hydrogens (tertiary/aromatic N) is 2. The molecule has 27 heavy (non-hydrogen) atoms. The van der Waals surface area contributed by atoms with Crippen LogP contribution in [0.15, 0.2) is 33.9 Å². The second-order valence-electron chi connectivity index (χ2n) is 6.34. The van der Waals surface area contributed by atoms with Crippen molar-refractivity contribution in [2.75, 3.05) is 18.5 Å². The van der Waals surface area contributed by atoms with E-state index in [-0.39, 0.29) is 17.6 Å². The van der Waals surface area contributed by atoms with E-state index in [1.807, 2.05) is 0 Å². The minimum atomic E-state index is -4.51. The number of hydrogen-bond acceptors (Lipinski definition) is 5. The maximum Gasteiger partial charge on any atom is 0.416 e. The van der Waals surface area contributed by atoms with Crippen molar-refractivity contribution in [1.82, 2.24) is 14.5 Å². The summed E-state index contributed by atoms with van der Waals surface area (Å²) in [4.78, 5) is 30.8. The molecule has 1 unspecified atom stereocenters. The van der Waals surface area contributed by atoms with Crippen LogP contribution >= 0.6 is 0 Å². The molecule has 1 aliphatic rings. The summed E-state index contributed by atoms with van der Waals surface area (Å²) in [6, 6.07) is 3.97. The lowest BCUT2D eigenvalue weighted by molar-refractivity contribution is -0.138. The third-order valence-electron chi connectivity index (χ3n) is 4.50. The van der Waals surface area contributed by atoms with Gasteiger partial charge in [0.1, 0.15) is 0 Å². The van der Waals surface area contributed by atoms with Gasteiger partial charge >= 0.3 is 17.6 Å². The molecule has 1 fully saturated rings. The van der Waals surface area contributed by atoms with Crippen molar-refractivity contribution in [1.29, 1.82) is 0 Å². The molecule has 0 spiro atoms. The van der Waals surface area contributed by atoms with Gasteiger partial charge in [-0.05, 0) is 31.4 Å². The molecule has 0 saturated carbocycles. The Kier molecular flexibility index (Phi) is 5.36. The molecule has 1 aliphatic heterocycles. The summed E-state index contributed by atoms with van der Waals surface area (Å²) in [5, 5.41) is 2.68. The van der Waals surface area contributed by atoms with Crippen LogP contribution in [-0.2, 0) is 10.9 Å². The molecule has 146 valence electrons. The summed E-state index contributed by atoms with van der Waals surface area (Å²) in [6.07, 6.45) is -3.47. The Bertz CT molecular complexity index is 885. The minimum Gasteiger partial charge on any atom is -0.381 e. The molecule has 10 heteroatoms. The molecule has 1 atom stereocenters. The molecule has 0 bridgehead atoms. The molecular formula is C17H19F3N4O3. The molecular weight excluding hydrogens is 365 g/mol. The number of halogens is 3. The topological polar surface area (TPSA) is 89.0 Å². The molecule has 1 saturated heterocycles. The number of rotatable bonds is 4. The van der Waals surface area contributed by atoms with E-state index in [4.69, 9.17) is 4.74 Å². The first-order chi connectivity index (χ1) is 12.8. The quantitative estimate of drug-likeness (QED) is 0.846. The molecule has 0 amide bonds. The Morgan fingerprint density at radius 1 is 1.26 bits per heavy atom. The van der Waals surface area contributed by atoms with Crippen molar-refractivity contribution in [3.05, 3.63) is 56.4 Å². The Balaban J connectivity index is 1.87. The number of ether oxygens (including phenoxy) is 1. The fraction of sp³-hybridized carbons (Fsp3) is 0.471. The predicted octanol–water partition coefficient (Wildman–Crippen LogP) is 2.48. The van der Waals surface area contributed by atoms with Crippen LogP contribution in [0.2, 0.25) is 0 Å². The summed E-state index contributed by atoms with van der Waals surface area (Å²) in [5.41, 5.74) is -2.20. The van der Waals surface area contributed by atoms with Gasteiger partial charge in [-0.3, -0.25) is 4.98 Å². The van der Waals surface area contributed by atoms with Crippen LogP contribution in [0.3, 0.4) is 0 Å². The average Bonchev–Trinajstić information content (AvgIpc) is 2.61. The zero-order chi connectivity index (χ0) is 19.6. The zero-order valence-electron chi connectivity index (χ0n) is 14.5. The molecule has 3 rings (SSSR count). The van der Waals surface area contributed by atoms with Crippen LogP contribution in [0.4, 0.5) is 19.1 Å². The average molecular weight is 384 g/mol. The van der Waals surface area contributed by atoms with Crippen molar-refractivity contribution in [2.45, 2.75) is 38.0 Å². The maximum atomic E-state index is 13.2. The Labute approximate surface area is 152 Å². The monoisotopic (exact) mass is 384 g/mol. The van der Waals surface area contributed by atoms with E-state index in [0.717, 1.165) is 10.6 Å². The number of hydrogen-bond donors (Lipinski definition) is 2. The zero-order valence-corrected chi connectivity index (χ0v) is 14.5. The van der Waals surface area contributed by atoms with Gasteiger partial charge in [0.05, 0.1) is 11.6 Å². The van der Waals surface area contributed by atoms with E-state index in [1.54, 1.807) is 0 Å². The van der Waals surface area contributed by atoms with Gasteiger partial charge in [-0.25, -0.2) is 14.2 Å². The van der Waals surface area contributed by atoms with E-state index in [9.17, 15) is 22.8 Å². The lowest BCUT2D eigenvalue weighted by Gasteiger charge is -2.23. The van der Waals surface area contributed by atoms with Crippen LogP contribution in [0.25, 0.3) is 0 Å². The highest BCUT2D eigenvalue weighted by atomic mass is 19.4. The Morgan fingerprint density at radius 2 is 1.93 bits per heavy atom. The normalized spacial score (nSPS) is 16.9. The molecule has 2 heterocycles. The van der Waals surface area contributed by atoms with Gasteiger partial charge in [0.2, 0.25) is 5.95 Å². The summed E-state index contributed by atoms with van der Waals surface area (Å²) in [7, 11) is 0. The van der Waals surface area contributed by atoms with E-state index in [0.29, 0.717) is 26.1 Å². The first kappa shape index (κ1) is 19.2. The number of H-pyrrole nitrogens is 1. The second kappa shape index (κ2) is 7.55. The number of alkyl halides is 3. The van der Waals surface area contributed by atoms with E-state index >= 15 is 0 Å². The maximum absolute atomic E-state index is 13.2. The highest BCUT2D eigenvalue weighted by molar-refractivity contribution is 5.37. The molecule has 0 aliphatic carbocycles. The number of aromatic nitrogens is 3. The first-order valence-electron chi connectivity index (χ1n) is 8.50. The second-order valence-corrected chi connectivity index (χ2v) is 6.34. The van der Waals surface area contributed by atoms with Crippen LogP contribution in [0.1, 0.15) is 43.0 Å². The SMILES string of the molecule is CC(Nc1nc(=O)n(C2CCOCC2)c(=O)[nH]1)c1ccccc1C(F)(F)F. The van der Waals surface area contributed by atoms with Gasteiger partial charge in [0.25, 0.3) is 0 Å². The molecule has 2 aromatic rings. The van der Waals surface area contributed by atoms with E-state index in [2.05, 4.69) is 15.3 Å². The lowest BCUT2D eigenvalue weighted by atomic mass is 10.0. The number of nitrogens with one attached hydrogen (secondary N) is 2. The van der Waals surface area contributed by atoms with Gasteiger partial charge < -0.3 is 10.1 Å². The smallest absolute Gasteiger partial charge is 0.381 e. The summed E-state index contributed by atoms with van der Waals surface area (Å²) in [5.74, 6) is -0.169. The summed E-state index contributed by atoms with van der Waals surface area (Å²) < 4.78 is 45.8. The number of aromatic amines is 1. The molecule has 0 radical (unpaired) electrons. The minimum absolute atomic E-state index is 0.0127. The van der Waals surface area contributed by atoms with Crippen LogP contribution < -0.4 is 16.7 Å². The lowest BCUT2D eigenvalue weighted by Crippen LogP contribution is -2.42. The van der Waals surface area contributed by atoms with Gasteiger partial charge in [-0.1, -0.05) is 18.2 Å². The van der Waals surface area contributed by atoms with Crippen molar-refractivity contribution < 1.29 is 17.9 Å². The molecule has 1 aromatic carbocycles.